The van der Waals surface area contributed by atoms with Crippen LogP contribution >= 0.6 is 0 Å². The minimum absolute atomic E-state index is 0.0213. The van der Waals surface area contributed by atoms with E-state index in [9.17, 15) is 22.7 Å². The maximum atomic E-state index is 13.1. The lowest BCUT2D eigenvalue weighted by Gasteiger charge is -2.24. The number of aromatic nitrogens is 1. The van der Waals surface area contributed by atoms with Gasteiger partial charge in [-0.3, -0.25) is 4.79 Å². The van der Waals surface area contributed by atoms with Crippen molar-refractivity contribution < 1.29 is 22.7 Å². The van der Waals surface area contributed by atoms with Crippen molar-refractivity contribution in [3.63, 3.8) is 0 Å². The van der Waals surface area contributed by atoms with Gasteiger partial charge >= 0.3 is 5.97 Å². The molecule has 146 valence electrons. The molecule has 4 rings (SSSR count). The number of benzene rings is 1. The molecule has 0 aliphatic heterocycles. The summed E-state index contributed by atoms with van der Waals surface area (Å²) < 4.78 is 42.9. The fourth-order valence-electron chi connectivity index (χ4n) is 3.93. The van der Waals surface area contributed by atoms with E-state index in [-0.39, 0.29) is 17.4 Å². The smallest absolute Gasteiger partial charge is 0.309 e. The van der Waals surface area contributed by atoms with Crippen LogP contribution in [0.15, 0.2) is 53.6 Å². The van der Waals surface area contributed by atoms with Crippen LogP contribution in [0.25, 0.3) is 5.52 Å². The molecule has 0 radical (unpaired) electrons. The van der Waals surface area contributed by atoms with E-state index in [1.54, 1.807) is 0 Å². The molecule has 6 nitrogen and oxygen atoms in total. The van der Waals surface area contributed by atoms with Crippen molar-refractivity contribution in [3.05, 3.63) is 71.3 Å². The molecule has 0 saturated carbocycles. The zero-order valence-electron chi connectivity index (χ0n) is 14.9. The van der Waals surface area contributed by atoms with Crippen molar-refractivity contribution in [2.24, 2.45) is 0 Å². The number of halogens is 1. The Balaban J connectivity index is 1.65. The number of rotatable bonds is 5. The van der Waals surface area contributed by atoms with Crippen molar-refractivity contribution >= 4 is 21.5 Å². The topological polar surface area (TPSA) is 87.9 Å². The quantitative estimate of drug-likeness (QED) is 0.687. The van der Waals surface area contributed by atoms with E-state index >= 15 is 0 Å². The predicted molar refractivity (Wildman–Crippen MR) is 101 cm³/mol. The summed E-state index contributed by atoms with van der Waals surface area (Å²) in [5.41, 5.74) is 3.62. The highest BCUT2D eigenvalue weighted by Crippen LogP contribution is 2.32. The lowest BCUT2D eigenvalue weighted by atomic mass is 9.89. The third-order valence-electron chi connectivity index (χ3n) is 5.13. The van der Waals surface area contributed by atoms with E-state index in [1.165, 1.54) is 12.1 Å². The molecule has 28 heavy (non-hydrogen) atoms. The van der Waals surface area contributed by atoms with Crippen LogP contribution in [0, 0.1) is 5.82 Å². The van der Waals surface area contributed by atoms with Crippen molar-refractivity contribution in [3.8, 4) is 0 Å². The SMILES string of the molecule is O=C(O)Cc1c2c(c3ccccn13)CC(NS(=O)(=O)c1ccc(F)cc1)CC2. The average molecular weight is 402 g/mol. The Hall–Kier alpha value is -2.71. The molecule has 1 atom stereocenters. The van der Waals surface area contributed by atoms with E-state index in [0.717, 1.165) is 34.5 Å². The highest BCUT2D eigenvalue weighted by Gasteiger charge is 2.29. The van der Waals surface area contributed by atoms with Gasteiger partial charge in [0.05, 0.1) is 11.3 Å². The zero-order valence-corrected chi connectivity index (χ0v) is 15.7. The Morgan fingerprint density at radius 1 is 1.18 bits per heavy atom. The molecular formula is C20H19FN2O4S. The van der Waals surface area contributed by atoms with Crippen molar-refractivity contribution in [1.29, 1.82) is 0 Å². The number of carboxylic acid groups (broad SMARTS) is 1. The van der Waals surface area contributed by atoms with Gasteiger partial charge < -0.3 is 9.51 Å². The first-order valence-corrected chi connectivity index (χ1v) is 10.4. The summed E-state index contributed by atoms with van der Waals surface area (Å²) in [5, 5.41) is 9.27. The molecule has 0 amide bonds. The van der Waals surface area contributed by atoms with E-state index < -0.39 is 21.8 Å². The maximum absolute atomic E-state index is 13.1. The third-order valence-corrected chi connectivity index (χ3v) is 6.67. The zero-order chi connectivity index (χ0) is 19.9. The highest BCUT2D eigenvalue weighted by molar-refractivity contribution is 7.89. The van der Waals surface area contributed by atoms with Gasteiger partial charge in [0.1, 0.15) is 5.82 Å². The Labute approximate surface area is 161 Å². The van der Waals surface area contributed by atoms with E-state index in [2.05, 4.69) is 4.72 Å². The summed E-state index contributed by atoms with van der Waals surface area (Å²) in [6, 6.07) is 10.0. The summed E-state index contributed by atoms with van der Waals surface area (Å²) in [4.78, 5) is 11.3. The number of carbonyl (C=O) groups is 1. The second kappa shape index (κ2) is 7.03. The number of aliphatic carboxylic acids is 1. The number of fused-ring (bicyclic) bond motifs is 3. The molecule has 1 unspecified atom stereocenters. The van der Waals surface area contributed by atoms with Gasteiger partial charge in [0, 0.05) is 23.4 Å². The van der Waals surface area contributed by atoms with Crippen LogP contribution in [0.3, 0.4) is 0 Å². The number of nitrogens with zero attached hydrogens (tertiary/aromatic N) is 1. The predicted octanol–water partition coefficient (Wildman–Crippen LogP) is 2.54. The van der Waals surface area contributed by atoms with Gasteiger partial charge in [0.15, 0.2) is 0 Å². The minimum Gasteiger partial charge on any atom is -0.481 e. The van der Waals surface area contributed by atoms with Gasteiger partial charge in [0.2, 0.25) is 10.0 Å². The van der Waals surface area contributed by atoms with Crippen LogP contribution in [0.4, 0.5) is 4.39 Å². The lowest BCUT2D eigenvalue weighted by molar-refractivity contribution is -0.136. The average Bonchev–Trinajstić information content (AvgIpc) is 2.95. The fraction of sp³-hybridized carbons (Fsp3) is 0.250. The first kappa shape index (κ1) is 18.6. The summed E-state index contributed by atoms with van der Waals surface area (Å²) in [5.74, 6) is -1.39. The van der Waals surface area contributed by atoms with Crippen LogP contribution in [0.5, 0.6) is 0 Å². The molecule has 0 saturated heterocycles. The van der Waals surface area contributed by atoms with Crippen molar-refractivity contribution in [2.45, 2.75) is 36.6 Å². The van der Waals surface area contributed by atoms with Gasteiger partial charge in [-0.15, -0.1) is 0 Å². The number of hydrogen-bond donors (Lipinski definition) is 2. The highest BCUT2D eigenvalue weighted by atomic mass is 32.2. The number of carboxylic acids is 1. The number of pyridine rings is 1. The summed E-state index contributed by atoms with van der Waals surface area (Å²) in [6.07, 6.45) is 3.39. The van der Waals surface area contributed by atoms with E-state index in [4.69, 9.17) is 0 Å². The van der Waals surface area contributed by atoms with Crippen LogP contribution < -0.4 is 4.72 Å². The maximum Gasteiger partial charge on any atom is 0.309 e. The summed E-state index contributed by atoms with van der Waals surface area (Å²) >= 11 is 0. The van der Waals surface area contributed by atoms with Crippen LogP contribution in [0.2, 0.25) is 0 Å². The molecule has 2 heterocycles. The number of nitrogens with one attached hydrogen (secondary N) is 1. The normalized spacial score (nSPS) is 16.8. The molecule has 3 aromatic rings. The molecule has 2 aromatic heterocycles. The minimum atomic E-state index is -3.76. The monoisotopic (exact) mass is 402 g/mol. The van der Waals surface area contributed by atoms with Gasteiger partial charge in [-0.25, -0.2) is 17.5 Å². The molecule has 2 N–H and O–H groups in total. The first-order chi connectivity index (χ1) is 13.3. The molecule has 0 bridgehead atoms. The van der Waals surface area contributed by atoms with Crippen LogP contribution in [-0.2, 0) is 34.1 Å². The van der Waals surface area contributed by atoms with E-state index in [0.29, 0.717) is 19.3 Å². The lowest BCUT2D eigenvalue weighted by Crippen LogP contribution is -2.38. The Morgan fingerprint density at radius 3 is 2.64 bits per heavy atom. The van der Waals surface area contributed by atoms with Crippen molar-refractivity contribution in [2.75, 3.05) is 0 Å². The van der Waals surface area contributed by atoms with Crippen molar-refractivity contribution in [1.82, 2.24) is 9.12 Å². The Morgan fingerprint density at radius 2 is 1.93 bits per heavy atom. The first-order valence-electron chi connectivity index (χ1n) is 8.94. The molecule has 1 aliphatic rings. The largest absolute Gasteiger partial charge is 0.481 e. The third kappa shape index (κ3) is 3.41. The van der Waals surface area contributed by atoms with Gasteiger partial charge in [-0.05, 0) is 66.8 Å². The second-order valence-electron chi connectivity index (χ2n) is 6.95. The second-order valence-corrected chi connectivity index (χ2v) is 8.66. The molecule has 0 spiro atoms. The summed E-state index contributed by atoms with van der Waals surface area (Å²) in [7, 11) is -3.76. The Kier molecular flexibility index (Phi) is 4.68. The van der Waals surface area contributed by atoms with Crippen LogP contribution in [-0.4, -0.2) is 29.9 Å². The molecule has 1 aromatic carbocycles. The van der Waals surface area contributed by atoms with E-state index in [1.807, 2.05) is 28.8 Å². The molecule has 1 aliphatic carbocycles. The van der Waals surface area contributed by atoms with Gasteiger partial charge in [-0.1, -0.05) is 6.07 Å². The Bertz CT molecular complexity index is 1150. The van der Waals surface area contributed by atoms with Gasteiger partial charge in [0.25, 0.3) is 0 Å². The molecule has 8 heteroatoms. The standard InChI is InChI=1S/C20H19FN2O4S/c21-13-4-7-15(8-5-13)28(26,27)22-14-6-9-16-17(11-14)18-3-1-2-10-23(18)19(16)12-20(24)25/h1-5,7-8,10,14,22H,6,9,11-12H2,(H,24,25). The number of hydrogen-bond acceptors (Lipinski definition) is 3. The van der Waals surface area contributed by atoms with Gasteiger partial charge in [-0.2, -0.15) is 0 Å². The van der Waals surface area contributed by atoms with Crippen LogP contribution in [0.1, 0.15) is 23.2 Å². The summed E-state index contributed by atoms with van der Waals surface area (Å²) in [6.45, 7) is 0. The molecule has 0 fully saturated rings. The fourth-order valence-corrected chi connectivity index (χ4v) is 5.20. The molecular weight excluding hydrogens is 383 g/mol. The number of sulfonamides is 1.